The molecule has 1 saturated carbocycles. The number of halogens is 1. The largest absolute Gasteiger partial charge is 0.451 e. The number of aromatic nitrogens is 2. The highest BCUT2D eigenvalue weighted by molar-refractivity contribution is 7.89. The Bertz CT molecular complexity index is 1460. The van der Waals surface area contributed by atoms with E-state index in [9.17, 15) is 17.6 Å². The molecule has 0 unspecified atom stereocenters. The quantitative estimate of drug-likeness (QED) is 0.390. The average Bonchev–Trinajstić information content (AvgIpc) is 3.83. The molecule has 4 heterocycles. The highest BCUT2D eigenvalue weighted by atomic mass is 32.2. The van der Waals surface area contributed by atoms with Crippen molar-refractivity contribution in [1.82, 2.24) is 24.5 Å². The highest BCUT2D eigenvalue weighted by Crippen LogP contribution is 2.45. The third-order valence-corrected chi connectivity index (χ3v) is 11.1. The van der Waals surface area contributed by atoms with Crippen LogP contribution in [0.2, 0.25) is 0 Å². The molecule has 1 N–H and O–H groups in total. The summed E-state index contributed by atoms with van der Waals surface area (Å²) < 4.78 is 53.1. The molecule has 1 aliphatic carbocycles. The van der Waals surface area contributed by atoms with Gasteiger partial charge in [0.1, 0.15) is 17.9 Å². The number of hydrogen-bond acceptors (Lipinski definition) is 9. The molecule has 4 aliphatic rings. The van der Waals surface area contributed by atoms with Gasteiger partial charge in [-0.15, -0.1) is 0 Å². The fourth-order valence-electron chi connectivity index (χ4n) is 6.92. The number of nitrogens with one attached hydrogen (secondary N) is 1. The molecule has 0 bridgehead atoms. The summed E-state index contributed by atoms with van der Waals surface area (Å²) in [5.41, 5.74) is 0.409. The zero-order valence-electron chi connectivity index (χ0n) is 26.5. The Labute approximate surface area is 265 Å². The molecule has 1 aromatic carbocycles. The molecule has 2 aromatic rings. The van der Waals surface area contributed by atoms with Crippen LogP contribution in [0, 0.1) is 11.2 Å². The van der Waals surface area contributed by atoms with E-state index in [1.54, 1.807) is 13.1 Å². The van der Waals surface area contributed by atoms with Crippen molar-refractivity contribution in [3.63, 3.8) is 0 Å². The van der Waals surface area contributed by atoms with Gasteiger partial charge in [-0.1, -0.05) is 0 Å². The van der Waals surface area contributed by atoms with Crippen LogP contribution < -0.4 is 14.4 Å². The van der Waals surface area contributed by atoms with Crippen LogP contribution in [0.15, 0.2) is 30.7 Å². The smallest absolute Gasteiger partial charge is 0.258 e. The molecule has 13 heteroatoms. The van der Waals surface area contributed by atoms with Crippen LogP contribution >= 0.6 is 0 Å². The van der Waals surface area contributed by atoms with Crippen molar-refractivity contribution in [3.05, 3.63) is 42.1 Å². The number of nitrogens with zero attached hydrogens (tertiary/aromatic N) is 5. The lowest BCUT2D eigenvalue weighted by Crippen LogP contribution is -2.61. The normalized spacial score (nSPS) is 23.6. The number of rotatable bonds is 11. The first-order chi connectivity index (χ1) is 21.5. The van der Waals surface area contributed by atoms with E-state index < -0.39 is 15.8 Å². The Morgan fingerprint density at radius 2 is 1.93 bits per heavy atom. The second-order valence-corrected chi connectivity index (χ2v) is 15.4. The number of likely N-dealkylation sites (tertiary alicyclic amines) is 1. The van der Waals surface area contributed by atoms with Gasteiger partial charge in [-0.2, -0.15) is 0 Å². The topological polar surface area (TPSA) is 117 Å². The van der Waals surface area contributed by atoms with Gasteiger partial charge in [0.15, 0.2) is 11.6 Å². The lowest BCUT2D eigenvalue weighted by Gasteiger charge is -2.54. The molecule has 1 amide bonds. The van der Waals surface area contributed by atoms with Crippen molar-refractivity contribution in [2.75, 3.05) is 50.0 Å². The Hall–Kier alpha value is -2.87. The first-order valence-corrected chi connectivity index (χ1v) is 17.9. The Morgan fingerprint density at radius 1 is 1.18 bits per heavy atom. The number of carbonyl (C=O) groups excluding carboxylic acids is 1. The maximum Gasteiger partial charge on any atom is 0.258 e. The highest BCUT2D eigenvalue weighted by Gasteiger charge is 2.46. The van der Waals surface area contributed by atoms with E-state index in [2.05, 4.69) is 24.5 Å². The van der Waals surface area contributed by atoms with Gasteiger partial charge < -0.3 is 24.2 Å². The van der Waals surface area contributed by atoms with Crippen molar-refractivity contribution in [2.45, 2.75) is 83.5 Å². The van der Waals surface area contributed by atoms with E-state index in [1.165, 1.54) is 24.5 Å². The van der Waals surface area contributed by atoms with Gasteiger partial charge in [-0.3, -0.25) is 4.79 Å². The fourth-order valence-corrected chi connectivity index (χ4v) is 7.78. The number of piperidine rings is 1. The number of hydrogen-bond donors (Lipinski definition) is 1. The number of benzene rings is 1. The van der Waals surface area contributed by atoms with Gasteiger partial charge in [0.2, 0.25) is 10.0 Å². The summed E-state index contributed by atoms with van der Waals surface area (Å²) in [6.07, 6.45) is 8.93. The first kappa shape index (κ1) is 32.1. The predicted octanol–water partition coefficient (Wildman–Crippen LogP) is 3.81. The summed E-state index contributed by atoms with van der Waals surface area (Å²) in [6.45, 7) is 10.6. The molecule has 2 atom stereocenters. The molecule has 0 radical (unpaired) electrons. The van der Waals surface area contributed by atoms with Crippen molar-refractivity contribution in [2.24, 2.45) is 5.41 Å². The minimum atomic E-state index is -3.22. The second kappa shape index (κ2) is 13.1. The summed E-state index contributed by atoms with van der Waals surface area (Å²) >= 11 is 0. The van der Waals surface area contributed by atoms with Crippen molar-refractivity contribution in [1.29, 1.82) is 0 Å². The fraction of sp³-hybridized carbons (Fsp3) is 0.656. The van der Waals surface area contributed by atoms with Crippen LogP contribution in [0.4, 0.5) is 10.2 Å². The van der Waals surface area contributed by atoms with Crippen LogP contribution in [0.5, 0.6) is 11.5 Å². The number of anilines is 1. The minimum Gasteiger partial charge on any atom is -0.451 e. The van der Waals surface area contributed by atoms with E-state index in [1.807, 2.05) is 18.7 Å². The molecule has 45 heavy (non-hydrogen) atoms. The summed E-state index contributed by atoms with van der Waals surface area (Å²) in [4.78, 5) is 28.8. The third kappa shape index (κ3) is 7.42. The maximum absolute atomic E-state index is 14.3. The van der Waals surface area contributed by atoms with Crippen LogP contribution in [-0.4, -0.2) is 103 Å². The molecule has 6 rings (SSSR count). The first-order valence-electron chi connectivity index (χ1n) is 16.2. The summed E-state index contributed by atoms with van der Waals surface area (Å²) in [6, 6.07) is 4.12. The lowest BCUT2D eigenvalue weighted by atomic mass is 9.72. The summed E-state index contributed by atoms with van der Waals surface area (Å²) in [7, 11) is -3.22. The Kier molecular flexibility index (Phi) is 9.33. The summed E-state index contributed by atoms with van der Waals surface area (Å²) in [5.74, 6) is 0.791. The Balaban J connectivity index is 1.04. The average molecular weight is 645 g/mol. The van der Waals surface area contributed by atoms with Crippen LogP contribution in [0.25, 0.3) is 0 Å². The number of ether oxygens (including phenoxy) is 2. The maximum atomic E-state index is 14.3. The molecule has 1 spiro atoms. The zero-order chi connectivity index (χ0) is 31.8. The van der Waals surface area contributed by atoms with Gasteiger partial charge >= 0.3 is 0 Å². The van der Waals surface area contributed by atoms with Crippen molar-refractivity contribution in [3.8, 4) is 11.5 Å². The second-order valence-electron chi connectivity index (χ2n) is 13.4. The van der Waals surface area contributed by atoms with Crippen molar-refractivity contribution >= 4 is 21.7 Å². The zero-order valence-corrected chi connectivity index (χ0v) is 27.3. The summed E-state index contributed by atoms with van der Waals surface area (Å²) in [5, 5.41) is 0. The van der Waals surface area contributed by atoms with Crippen LogP contribution in [0.3, 0.4) is 0 Å². The number of amides is 1. The minimum absolute atomic E-state index is 0.00281. The SMILES string of the molecule is CCS(=O)(=O)N[C@@H]1CC[C@@H](CN2CCC3(CC2)CN(c2ncncc2Oc2ccc(F)cc2C(=O)N(C(C)C)C2CC2)C3)OC1. The number of sulfonamides is 1. The van der Waals surface area contributed by atoms with E-state index in [-0.39, 0.29) is 46.9 Å². The monoisotopic (exact) mass is 644 g/mol. The van der Waals surface area contributed by atoms with E-state index in [0.29, 0.717) is 23.9 Å². The van der Waals surface area contributed by atoms with E-state index in [4.69, 9.17) is 9.47 Å². The van der Waals surface area contributed by atoms with Crippen LogP contribution in [-0.2, 0) is 14.8 Å². The molecule has 3 saturated heterocycles. The van der Waals surface area contributed by atoms with Gasteiger partial charge in [0, 0.05) is 43.2 Å². The van der Waals surface area contributed by atoms with Crippen LogP contribution in [0.1, 0.15) is 69.7 Å². The molecule has 1 aromatic heterocycles. The molecular weight excluding hydrogens is 599 g/mol. The molecule has 4 fully saturated rings. The number of carbonyl (C=O) groups is 1. The molecule has 11 nitrogen and oxygen atoms in total. The van der Waals surface area contributed by atoms with Gasteiger partial charge in [0.25, 0.3) is 5.91 Å². The molecule has 3 aliphatic heterocycles. The van der Waals surface area contributed by atoms with Gasteiger partial charge in [-0.05, 0) is 90.6 Å². The third-order valence-electron chi connectivity index (χ3n) is 9.61. The predicted molar refractivity (Wildman–Crippen MR) is 169 cm³/mol. The standard InChI is InChI=1S/C32H45FN6O5S/c1-4-45(41,42)36-24-6-9-26(43-18-24)17-37-13-11-32(12-14-37)19-38(20-32)30-29(16-34-21-35-30)44-28-10-5-23(33)15-27(28)31(40)39(22(2)3)25-7-8-25/h5,10,15-16,21-22,24-26,36H,4,6-9,11-14,17-20H2,1-3H3/t24-,26+/m1/s1. The lowest BCUT2D eigenvalue weighted by molar-refractivity contribution is -0.0299. The molecular formula is C32H45FN6O5S. The van der Waals surface area contributed by atoms with E-state index >= 15 is 0 Å². The molecule has 246 valence electrons. The van der Waals surface area contributed by atoms with E-state index in [0.717, 1.165) is 71.2 Å². The van der Waals surface area contributed by atoms with Gasteiger partial charge in [-0.25, -0.2) is 27.5 Å². The van der Waals surface area contributed by atoms with Gasteiger partial charge in [0.05, 0.1) is 30.2 Å². The Morgan fingerprint density at radius 3 is 2.58 bits per heavy atom. The van der Waals surface area contributed by atoms with Crippen molar-refractivity contribution < 1.29 is 27.1 Å².